The first-order chi connectivity index (χ1) is 30.7. The standard InChI is InChI=1S/C61H68N2/c1-45-19-15-20-49(39-45)52-23-16-21-50(41-52)47-28-30-48(31-29-47)51-22-17-24-53(42-51)54-25-18-26-55(43-54)56-32-34-58-57-33-27-46(2)40-59(57)61(60(58)44-56,35-11-7-9-13-37-62(3)4)36-12-8-10-14-38-63(5)6/h15-34,39-44H,7-14,35-38H2,1-6H3. The van der Waals surface area contributed by atoms with Crippen molar-refractivity contribution in [3.63, 3.8) is 0 Å². The first kappa shape index (κ1) is 44.1. The second kappa shape index (κ2) is 20.3. The number of rotatable bonds is 19. The van der Waals surface area contributed by atoms with E-state index in [-0.39, 0.29) is 5.41 Å². The molecule has 0 unspecified atom stereocenters. The minimum Gasteiger partial charge on any atom is -0.309 e. The van der Waals surface area contributed by atoms with E-state index in [0.717, 1.165) is 0 Å². The first-order valence-corrected chi connectivity index (χ1v) is 23.7. The molecule has 322 valence electrons. The maximum Gasteiger partial charge on any atom is 0.0215 e. The lowest BCUT2D eigenvalue weighted by atomic mass is 9.70. The summed E-state index contributed by atoms with van der Waals surface area (Å²) in [7, 11) is 8.78. The van der Waals surface area contributed by atoms with Crippen LogP contribution in [0.25, 0.3) is 66.8 Å². The van der Waals surface area contributed by atoms with Gasteiger partial charge in [-0.3, -0.25) is 0 Å². The topological polar surface area (TPSA) is 6.48 Å². The molecule has 63 heavy (non-hydrogen) atoms. The van der Waals surface area contributed by atoms with Crippen LogP contribution >= 0.6 is 0 Å². The van der Waals surface area contributed by atoms with Gasteiger partial charge in [0.2, 0.25) is 0 Å². The molecular formula is C61H68N2. The molecule has 0 fully saturated rings. The van der Waals surface area contributed by atoms with Crippen LogP contribution in [0.15, 0.2) is 158 Å². The Hall–Kier alpha value is -5.54. The van der Waals surface area contributed by atoms with E-state index >= 15 is 0 Å². The van der Waals surface area contributed by atoms with E-state index in [2.05, 4.69) is 210 Å². The monoisotopic (exact) mass is 829 g/mol. The van der Waals surface area contributed by atoms with Crippen LogP contribution in [0.2, 0.25) is 0 Å². The second-order valence-corrected chi connectivity index (χ2v) is 19.0. The molecule has 0 N–H and O–H groups in total. The second-order valence-electron chi connectivity index (χ2n) is 19.0. The Kier molecular flexibility index (Phi) is 14.2. The van der Waals surface area contributed by atoms with Gasteiger partial charge in [-0.1, -0.05) is 183 Å². The Balaban J connectivity index is 1.06. The summed E-state index contributed by atoms with van der Waals surface area (Å²) in [6.07, 6.45) is 12.7. The molecule has 0 aromatic heterocycles. The van der Waals surface area contributed by atoms with Crippen molar-refractivity contribution in [1.29, 1.82) is 0 Å². The Morgan fingerprint density at radius 1 is 0.317 bits per heavy atom. The van der Waals surface area contributed by atoms with Crippen molar-refractivity contribution in [2.75, 3.05) is 41.3 Å². The molecule has 0 aliphatic heterocycles. The molecule has 0 amide bonds. The third-order valence-corrected chi connectivity index (χ3v) is 13.6. The fourth-order valence-electron chi connectivity index (χ4n) is 10.2. The van der Waals surface area contributed by atoms with Crippen molar-refractivity contribution in [2.24, 2.45) is 0 Å². The summed E-state index contributed by atoms with van der Waals surface area (Å²) in [5.74, 6) is 0. The van der Waals surface area contributed by atoms with E-state index in [1.54, 1.807) is 11.1 Å². The summed E-state index contributed by atoms with van der Waals surface area (Å²) in [6.45, 7) is 6.79. The van der Waals surface area contributed by atoms with Crippen molar-refractivity contribution in [3.8, 4) is 66.8 Å². The van der Waals surface area contributed by atoms with Crippen LogP contribution in [-0.4, -0.2) is 51.1 Å². The van der Waals surface area contributed by atoms with Crippen molar-refractivity contribution in [2.45, 2.75) is 83.5 Å². The number of unbranched alkanes of at least 4 members (excludes halogenated alkanes) is 6. The molecule has 2 nitrogen and oxygen atoms in total. The number of nitrogens with zero attached hydrogens (tertiary/aromatic N) is 2. The van der Waals surface area contributed by atoms with Crippen molar-refractivity contribution in [3.05, 3.63) is 180 Å². The molecule has 7 aromatic carbocycles. The highest BCUT2D eigenvalue weighted by Crippen LogP contribution is 2.55. The first-order valence-electron chi connectivity index (χ1n) is 23.7. The van der Waals surface area contributed by atoms with Crippen LogP contribution in [0.1, 0.15) is 86.5 Å². The van der Waals surface area contributed by atoms with Crippen LogP contribution in [0.5, 0.6) is 0 Å². The van der Waals surface area contributed by atoms with Gasteiger partial charge in [0.15, 0.2) is 0 Å². The van der Waals surface area contributed by atoms with Gasteiger partial charge in [-0.25, -0.2) is 0 Å². The van der Waals surface area contributed by atoms with Gasteiger partial charge in [-0.15, -0.1) is 0 Å². The number of fused-ring (bicyclic) bond motifs is 3. The minimum absolute atomic E-state index is 0.0428. The molecule has 0 atom stereocenters. The third kappa shape index (κ3) is 10.5. The lowest BCUT2D eigenvalue weighted by molar-refractivity contribution is 0.368. The Morgan fingerprint density at radius 3 is 1.13 bits per heavy atom. The predicted octanol–water partition coefficient (Wildman–Crippen LogP) is 15.9. The molecule has 0 saturated carbocycles. The number of aryl methyl sites for hydroxylation is 2. The van der Waals surface area contributed by atoms with Gasteiger partial charge in [0.05, 0.1) is 0 Å². The van der Waals surface area contributed by atoms with Crippen molar-refractivity contribution < 1.29 is 0 Å². The van der Waals surface area contributed by atoms with Gasteiger partial charge < -0.3 is 9.80 Å². The Bertz CT molecular complexity index is 2590. The van der Waals surface area contributed by atoms with Crippen LogP contribution in [0, 0.1) is 13.8 Å². The lowest BCUT2D eigenvalue weighted by Crippen LogP contribution is -2.26. The van der Waals surface area contributed by atoms with Gasteiger partial charge in [0.25, 0.3) is 0 Å². The summed E-state index contributed by atoms with van der Waals surface area (Å²) in [6, 6.07) is 59.7. The van der Waals surface area contributed by atoms with E-state index in [4.69, 9.17) is 0 Å². The molecule has 1 aliphatic rings. The fraction of sp³-hybridized carbons (Fsp3) is 0.311. The molecule has 7 aromatic rings. The van der Waals surface area contributed by atoms with E-state index in [1.807, 2.05) is 0 Å². The predicted molar refractivity (Wildman–Crippen MR) is 273 cm³/mol. The van der Waals surface area contributed by atoms with E-state index in [1.165, 1.54) is 155 Å². The highest BCUT2D eigenvalue weighted by molar-refractivity contribution is 5.85. The van der Waals surface area contributed by atoms with Crippen molar-refractivity contribution >= 4 is 0 Å². The molecule has 8 rings (SSSR count). The molecule has 1 aliphatic carbocycles. The summed E-state index contributed by atoms with van der Waals surface area (Å²) < 4.78 is 0. The Morgan fingerprint density at radius 2 is 0.667 bits per heavy atom. The maximum atomic E-state index is 2.59. The zero-order valence-corrected chi connectivity index (χ0v) is 38.9. The molecule has 0 heterocycles. The van der Waals surface area contributed by atoms with Crippen LogP contribution < -0.4 is 0 Å². The zero-order chi connectivity index (χ0) is 43.8. The SMILES string of the molecule is Cc1cccc(-c2cccc(-c3ccc(-c4cccc(-c5cccc(-c6ccc7c(c6)C(CCCCCCN(C)C)(CCCCCCN(C)C)c6cc(C)ccc6-7)c5)c4)cc3)c2)c1. The minimum atomic E-state index is 0.0428. The molecule has 0 spiro atoms. The highest BCUT2D eigenvalue weighted by atomic mass is 15.0. The highest BCUT2D eigenvalue weighted by Gasteiger charge is 2.42. The van der Waals surface area contributed by atoms with Crippen LogP contribution in [0.4, 0.5) is 0 Å². The summed E-state index contributed by atoms with van der Waals surface area (Å²) in [4.78, 5) is 4.65. The van der Waals surface area contributed by atoms with E-state index in [0.29, 0.717) is 0 Å². The van der Waals surface area contributed by atoms with Crippen LogP contribution in [-0.2, 0) is 5.41 Å². The lowest BCUT2D eigenvalue weighted by Gasteiger charge is -2.33. The largest absolute Gasteiger partial charge is 0.309 e. The van der Waals surface area contributed by atoms with E-state index < -0.39 is 0 Å². The van der Waals surface area contributed by atoms with Gasteiger partial charge in [-0.2, -0.15) is 0 Å². The fourth-order valence-corrected chi connectivity index (χ4v) is 10.2. The number of benzene rings is 7. The zero-order valence-electron chi connectivity index (χ0n) is 38.9. The molecular weight excluding hydrogens is 761 g/mol. The average Bonchev–Trinajstić information content (AvgIpc) is 3.56. The number of hydrogen-bond donors (Lipinski definition) is 0. The van der Waals surface area contributed by atoms with Crippen LogP contribution in [0.3, 0.4) is 0 Å². The number of hydrogen-bond acceptors (Lipinski definition) is 2. The summed E-state index contributed by atoms with van der Waals surface area (Å²) >= 11 is 0. The normalized spacial score (nSPS) is 12.8. The summed E-state index contributed by atoms with van der Waals surface area (Å²) in [5.41, 5.74) is 21.3. The molecule has 0 bridgehead atoms. The van der Waals surface area contributed by atoms with Gasteiger partial charge in [-0.05, 0) is 183 Å². The van der Waals surface area contributed by atoms with E-state index in [9.17, 15) is 0 Å². The van der Waals surface area contributed by atoms with Gasteiger partial charge >= 0.3 is 0 Å². The van der Waals surface area contributed by atoms with Gasteiger partial charge in [0.1, 0.15) is 0 Å². The van der Waals surface area contributed by atoms with Crippen molar-refractivity contribution in [1.82, 2.24) is 9.80 Å². The smallest absolute Gasteiger partial charge is 0.0215 e. The molecule has 2 heteroatoms. The average molecular weight is 829 g/mol. The third-order valence-electron chi connectivity index (χ3n) is 13.6. The summed E-state index contributed by atoms with van der Waals surface area (Å²) in [5, 5.41) is 0. The maximum absolute atomic E-state index is 2.59. The molecule has 0 radical (unpaired) electrons. The van der Waals surface area contributed by atoms with Gasteiger partial charge in [0, 0.05) is 5.41 Å². The quantitative estimate of drug-likeness (QED) is 0.0749. The molecule has 0 saturated heterocycles. The Labute approximate surface area is 379 Å².